The number of hydrogen-bond acceptors (Lipinski definition) is 6. The van der Waals surface area contributed by atoms with Crippen molar-refractivity contribution in [3.63, 3.8) is 0 Å². The molecule has 1 saturated heterocycles. The van der Waals surface area contributed by atoms with Gasteiger partial charge in [-0.3, -0.25) is 0 Å². The van der Waals surface area contributed by atoms with Crippen LogP contribution in [0.25, 0.3) is 0 Å². The van der Waals surface area contributed by atoms with Crippen LogP contribution >= 0.6 is 0 Å². The molecule has 8 heteroatoms. The molecule has 0 radical (unpaired) electrons. The lowest BCUT2D eigenvalue weighted by Crippen LogP contribution is -2.39. The molecule has 0 aliphatic carbocycles. The van der Waals surface area contributed by atoms with Crippen molar-refractivity contribution in [2.45, 2.75) is 26.0 Å². The number of hydrogen-bond donors (Lipinski definition) is 1. The number of aryl methyl sites for hydroxylation is 1. The maximum Gasteiger partial charge on any atom is 0.339 e. The first-order valence-corrected chi connectivity index (χ1v) is 9.00. The van der Waals surface area contributed by atoms with Crippen LogP contribution in [0.4, 0.5) is 4.79 Å². The van der Waals surface area contributed by atoms with Crippen LogP contribution in [-0.2, 0) is 6.54 Å². The second kappa shape index (κ2) is 8.69. The lowest BCUT2D eigenvalue weighted by atomic mass is 10.2. The zero-order valence-corrected chi connectivity index (χ0v) is 16.2. The summed E-state index contributed by atoms with van der Waals surface area (Å²) in [6.45, 7) is 3.11. The van der Waals surface area contributed by atoms with Crippen LogP contribution in [0.15, 0.2) is 39.5 Å². The Morgan fingerprint density at radius 1 is 1.21 bits per heavy atom. The molecule has 28 heavy (non-hydrogen) atoms. The molecular formula is C20H24N2O6. The molecule has 0 spiro atoms. The number of methoxy groups -OCH3 is 2. The number of carbonyl (C=O) groups is 1. The number of carbonyl (C=O) groups excluding carboxylic acids is 1. The Morgan fingerprint density at radius 2 is 2.00 bits per heavy atom. The van der Waals surface area contributed by atoms with Gasteiger partial charge in [-0.1, -0.05) is 6.07 Å². The largest absolute Gasteiger partial charge is 0.493 e. The molecule has 2 aromatic rings. The summed E-state index contributed by atoms with van der Waals surface area (Å²) in [7, 11) is 3.15. The van der Waals surface area contributed by atoms with E-state index in [-0.39, 0.29) is 12.1 Å². The molecular weight excluding hydrogens is 364 g/mol. The average Bonchev–Trinajstić information content (AvgIpc) is 3.13. The van der Waals surface area contributed by atoms with Crippen LogP contribution < -0.4 is 25.2 Å². The molecule has 150 valence electrons. The number of rotatable bonds is 6. The average molecular weight is 388 g/mol. The summed E-state index contributed by atoms with van der Waals surface area (Å²) in [5.41, 5.74) is 0.460. The molecule has 0 bridgehead atoms. The zero-order valence-electron chi connectivity index (χ0n) is 16.2. The van der Waals surface area contributed by atoms with Crippen molar-refractivity contribution < 1.29 is 23.4 Å². The van der Waals surface area contributed by atoms with Gasteiger partial charge in [0, 0.05) is 25.6 Å². The summed E-state index contributed by atoms with van der Waals surface area (Å²) in [4.78, 5) is 25.6. The monoisotopic (exact) mass is 388 g/mol. The molecule has 8 nitrogen and oxygen atoms in total. The fourth-order valence-corrected chi connectivity index (χ4v) is 3.13. The number of benzene rings is 1. The molecule has 1 aliphatic heterocycles. The third-order valence-corrected chi connectivity index (χ3v) is 4.49. The molecule has 1 atom stereocenters. The van der Waals surface area contributed by atoms with Crippen LogP contribution in [0, 0.1) is 6.92 Å². The van der Waals surface area contributed by atoms with Crippen LogP contribution in [-0.4, -0.2) is 44.3 Å². The topological polar surface area (TPSA) is 90.2 Å². The van der Waals surface area contributed by atoms with Crippen molar-refractivity contribution >= 4 is 6.03 Å². The van der Waals surface area contributed by atoms with Gasteiger partial charge in [0.25, 0.3) is 0 Å². The predicted octanol–water partition coefficient (Wildman–Crippen LogP) is 2.33. The van der Waals surface area contributed by atoms with Gasteiger partial charge in [-0.05, 0) is 24.6 Å². The minimum Gasteiger partial charge on any atom is -0.493 e. The SMILES string of the molecule is COc1ccc(CNC(=O)N2CC[C@H](Oc3cc(C)oc(=O)c3)C2)cc1OC. The second-order valence-corrected chi connectivity index (χ2v) is 6.55. The fourth-order valence-electron chi connectivity index (χ4n) is 3.13. The van der Waals surface area contributed by atoms with Crippen molar-refractivity contribution in [3.05, 3.63) is 52.1 Å². The van der Waals surface area contributed by atoms with Gasteiger partial charge in [0.2, 0.25) is 0 Å². The van der Waals surface area contributed by atoms with Gasteiger partial charge in [-0.25, -0.2) is 9.59 Å². The Labute approximate surface area is 163 Å². The molecule has 2 amide bonds. The lowest BCUT2D eigenvalue weighted by Gasteiger charge is -2.18. The molecule has 1 fully saturated rings. The Kier molecular flexibility index (Phi) is 6.08. The molecule has 1 aromatic carbocycles. The van der Waals surface area contributed by atoms with Gasteiger partial charge in [-0.15, -0.1) is 0 Å². The molecule has 0 unspecified atom stereocenters. The fraction of sp³-hybridized carbons (Fsp3) is 0.400. The van der Waals surface area contributed by atoms with Gasteiger partial charge in [0.05, 0.1) is 26.8 Å². The van der Waals surface area contributed by atoms with Crippen LogP contribution in [0.2, 0.25) is 0 Å². The highest BCUT2D eigenvalue weighted by Crippen LogP contribution is 2.27. The standard InChI is InChI=1S/C20H24N2O6/c1-13-8-16(10-19(23)27-13)28-15-6-7-22(12-15)20(24)21-11-14-4-5-17(25-2)18(9-14)26-3/h4-5,8-10,15H,6-7,11-12H2,1-3H3,(H,21,24)/t15-/m0/s1. The van der Waals surface area contributed by atoms with Crippen molar-refractivity contribution in [2.75, 3.05) is 27.3 Å². The first-order valence-electron chi connectivity index (χ1n) is 9.00. The van der Waals surface area contributed by atoms with E-state index in [0.29, 0.717) is 49.1 Å². The van der Waals surface area contributed by atoms with Gasteiger partial charge in [0.1, 0.15) is 17.6 Å². The van der Waals surface area contributed by atoms with Gasteiger partial charge < -0.3 is 28.8 Å². The van der Waals surface area contributed by atoms with Crippen molar-refractivity contribution in [2.24, 2.45) is 0 Å². The molecule has 1 aromatic heterocycles. The maximum atomic E-state index is 12.4. The number of urea groups is 1. The summed E-state index contributed by atoms with van der Waals surface area (Å²) in [6, 6.07) is 8.33. The first-order chi connectivity index (χ1) is 13.5. The zero-order chi connectivity index (χ0) is 20.1. The number of ether oxygens (including phenoxy) is 3. The minimum atomic E-state index is -0.447. The Bertz CT molecular complexity index is 895. The third kappa shape index (κ3) is 4.76. The highest BCUT2D eigenvalue weighted by molar-refractivity contribution is 5.74. The quantitative estimate of drug-likeness (QED) is 0.817. The Balaban J connectivity index is 1.52. The Morgan fingerprint density at radius 3 is 2.71 bits per heavy atom. The van der Waals surface area contributed by atoms with Gasteiger partial charge in [0.15, 0.2) is 11.5 Å². The van der Waals surface area contributed by atoms with Gasteiger partial charge in [-0.2, -0.15) is 0 Å². The van der Waals surface area contributed by atoms with E-state index in [4.69, 9.17) is 18.6 Å². The second-order valence-electron chi connectivity index (χ2n) is 6.55. The van der Waals surface area contributed by atoms with E-state index in [1.54, 1.807) is 38.2 Å². The number of amides is 2. The predicted molar refractivity (Wildman–Crippen MR) is 102 cm³/mol. The highest BCUT2D eigenvalue weighted by Gasteiger charge is 2.27. The highest BCUT2D eigenvalue weighted by atomic mass is 16.5. The van der Waals surface area contributed by atoms with Crippen LogP contribution in [0.3, 0.4) is 0 Å². The summed E-state index contributed by atoms with van der Waals surface area (Å²) in [5.74, 6) is 2.21. The number of nitrogens with one attached hydrogen (secondary N) is 1. The van der Waals surface area contributed by atoms with E-state index >= 15 is 0 Å². The van der Waals surface area contributed by atoms with Crippen molar-refractivity contribution in [1.29, 1.82) is 0 Å². The third-order valence-electron chi connectivity index (χ3n) is 4.49. The number of nitrogens with zero attached hydrogens (tertiary/aromatic N) is 1. The van der Waals surface area contributed by atoms with Crippen LogP contribution in [0.5, 0.6) is 17.2 Å². The van der Waals surface area contributed by atoms with E-state index in [9.17, 15) is 9.59 Å². The molecule has 1 aliphatic rings. The minimum absolute atomic E-state index is 0.159. The van der Waals surface area contributed by atoms with E-state index in [0.717, 1.165) is 5.56 Å². The smallest absolute Gasteiger partial charge is 0.339 e. The summed E-state index contributed by atoms with van der Waals surface area (Å²) >= 11 is 0. The summed E-state index contributed by atoms with van der Waals surface area (Å²) in [5, 5.41) is 2.90. The molecule has 2 heterocycles. The lowest BCUT2D eigenvalue weighted by molar-refractivity contribution is 0.185. The van der Waals surface area contributed by atoms with E-state index in [1.807, 2.05) is 12.1 Å². The van der Waals surface area contributed by atoms with E-state index < -0.39 is 5.63 Å². The van der Waals surface area contributed by atoms with E-state index in [2.05, 4.69) is 5.32 Å². The Hall–Kier alpha value is -3.16. The molecule has 1 N–H and O–H groups in total. The maximum absolute atomic E-state index is 12.4. The van der Waals surface area contributed by atoms with Crippen molar-refractivity contribution in [3.8, 4) is 17.2 Å². The summed E-state index contributed by atoms with van der Waals surface area (Å²) < 4.78 is 21.2. The van der Waals surface area contributed by atoms with Gasteiger partial charge >= 0.3 is 11.7 Å². The van der Waals surface area contributed by atoms with Crippen molar-refractivity contribution in [1.82, 2.24) is 10.2 Å². The van der Waals surface area contributed by atoms with E-state index in [1.165, 1.54) is 6.07 Å². The molecule has 3 rings (SSSR count). The normalized spacial score (nSPS) is 16.0. The van der Waals surface area contributed by atoms with Crippen LogP contribution in [0.1, 0.15) is 17.7 Å². The molecule has 0 saturated carbocycles. The summed E-state index contributed by atoms with van der Waals surface area (Å²) in [6.07, 6.45) is 0.538. The first kappa shape index (κ1) is 19.6. The number of likely N-dealkylation sites (tertiary alicyclic amines) is 1.